The molecule has 1 N–H and O–H groups in total. The minimum atomic E-state index is -0.0992. The van der Waals surface area contributed by atoms with Crippen molar-refractivity contribution in [2.75, 3.05) is 5.32 Å². The quantitative estimate of drug-likeness (QED) is 0.727. The number of aromatic nitrogens is 1. The van der Waals surface area contributed by atoms with Crippen LogP contribution in [0, 0.1) is 6.92 Å². The van der Waals surface area contributed by atoms with Gasteiger partial charge in [-0.1, -0.05) is 29.3 Å². The molecule has 0 radical (unpaired) electrons. The van der Waals surface area contributed by atoms with Gasteiger partial charge in [-0.2, -0.15) is 0 Å². The summed E-state index contributed by atoms with van der Waals surface area (Å²) >= 11 is 11.9. The Morgan fingerprint density at radius 3 is 2.64 bits per heavy atom. The number of rotatable bonds is 3. The number of carbonyl (C=O) groups is 1. The van der Waals surface area contributed by atoms with Crippen molar-refractivity contribution in [3.8, 4) is 0 Å². The summed E-state index contributed by atoms with van der Waals surface area (Å²) in [6.07, 6.45) is 1.88. The number of fused-ring (bicyclic) bond motifs is 1. The Kier molecular flexibility index (Phi) is 4.10. The van der Waals surface area contributed by atoms with Crippen LogP contribution in [0.25, 0.3) is 10.9 Å². The van der Waals surface area contributed by atoms with Gasteiger partial charge in [0.1, 0.15) is 6.54 Å². The molecule has 0 atom stereocenters. The Balaban J connectivity index is 1.80. The SMILES string of the molecule is Cc1ccc(Cl)cc1NC(=O)Cn1ccc2cc(Cl)ccc21. The van der Waals surface area contributed by atoms with Gasteiger partial charge in [0.05, 0.1) is 0 Å². The molecular formula is C17H14Cl2N2O. The molecule has 22 heavy (non-hydrogen) atoms. The van der Waals surface area contributed by atoms with E-state index >= 15 is 0 Å². The molecule has 1 amide bonds. The highest BCUT2D eigenvalue weighted by Crippen LogP contribution is 2.22. The summed E-state index contributed by atoms with van der Waals surface area (Å²) < 4.78 is 1.89. The number of hydrogen-bond acceptors (Lipinski definition) is 1. The van der Waals surface area contributed by atoms with Gasteiger partial charge in [-0.25, -0.2) is 0 Å². The number of benzene rings is 2. The van der Waals surface area contributed by atoms with Gasteiger partial charge in [-0.05, 0) is 48.9 Å². The molecule has 0 bridgehead atoms. The van der Waals surface area contributed by atoms with Crippen molar-refractivity contribution >= 4 is 45.7 Å². The van der Waals surface area contributed by atoms with Crippen LogP contribution < -0.4 is 5.32 Å². The lowest BCUT2D eigenvalue weighted by atomic mass is 10.2. The van der Waals surface area contributed by atoms with Gasteiger partial charge in [0.25, 0.3) is 0 Å². The molecule has 0 aliphatic heterocycles. The van der Waals surface area contributed by atoms with Gasteiger partial charge in [0.2, 0.25) is 5.91 Å². The standard InChI is InChI=1S/C17H14Cl2N2O/c1-11-2-3-14(19)9-15(11)20-17(22)10-21-7-6-12-8-13(18)4-5-16(12)21/h2-9H,10H2,1H3,(H,20,22). The second kappa shape index (κ2) is 6.03. The van der Waals surface area contributed by atoms with Crippen molar-refractivity contribution in [2.45, 2.75) is 13.5 Å². The lowest BCUT2D eigenvalue weighted by Crippen LogP contribution is -2.18. The molecule has 3 aromatic rings. The second-order valence-electron chi connectivity index (χ2n) is 5.15. The number of carbonyl (C=O) groups excluding carboxylic acids is 1. The zero-order chi connectivity index (χ0) is 15.7. The number of halogens is 2. The number of aryl methyl sites for hydroxylation is 1. The number of nitrogens with one attached hydrogen (secondary N) is 1. The fraction of sp³-hybridized carbons (Fsp3) is 0.118. The van der Waals surface area contributed by atoms with Crippen LogP contribution >= 0.6 is 23.2 Å². The molecule has 2 aromatic carbocycles. The predicted molar refractivity (Wildman–Crippen MR) is 91.8 cm³/mol. The molecule has 5 heteroatoms. The first kappa shape index (κ1) is 14.9. The lowest BCUT2D eigenvalue weighted by molar-refractivity contribution is -0.116. The fourth-order valence-corrected chi connectivity index (χ4v) is 2.73. The van der Waals surface area contributed by atoms with Crippen LogP contribution in [0.1, 0.15) is 5.56 Å². The molecule has 0 fully saturated rings. The third-order valence-corrected chi connectivity index (χ3v) is 3.99. The third-order valence-electron chi connectivity index (χ3n) is 3.52. The highest BCUT2D eigenvalue weighted by molar-refractivity contribution is 6.31. The molecule has 0 spiro atoms. The van der Waals surface area contributed by atoms with E-state index in [2.05, 4.69) is 5.32 Å². The van der Waals surface area contributed by atoms with Crippen molar-refractivity contribution in [1.82, 2.24) is 4.57 Å². The van der Waals surface area contributed by atoms with E-state index in [0.717, 1.165) is 22.2 Å². The number of anilines is 1. The minimum Gasteiger partial charge on any atom is -0.338 e. The molecule has 3 nitrogen and oxygen atoms in total. The highest BCUT2D eigenvalue weighted by Gasteiger charge is 2.08. The van der Waals surface area contributed by atoms with E-state index in [1.807, 2.05) is 48.0 Å². The minimum absolute atomic E-state index is 0.0992. The van der Waals surface area contributed by atoms with Crippen LogP contribution in [0.15, 0.2) is 48.7 Å². The summed E-state index contributed by atoms with van der Waals surface area (Å²) in [4.78, 5) is 12.3. The largest absolute Gasteiger partial charge is 0.338 e. The Morgan fingerprint density at radius 2 is 1.82 bits per heavy atom. The molecule has 0 saturated heterocycles. The third kappa shape index (κ3) is 3.11. The topological polar surface area (TPSA) is 34.0 Å². The molecule has 1 heterocycles. The van der Waals surface area contributed by atoms with Gasteiger partial charge < -0.3 is 9.88 Å². The van der Waals surface area contributed by atoms with E-state index in [9.17, 15) is 4.79 Å². The second-order valence-corrected chi connectivity index (χ2v) is 6.03. The van der Waals surface area contributed by atoms with Gasteiger partial charge in [-0.3, -0.25) is 4.79 Å². The smallest absolute Gasteiger partial charge is 0.244 e. The number of amides is 1. The Hall–Kier alpha value is -1.97. The van der Waals surface area contributed by atoms with E-state index in [-0.39, 0.29) is 12.5 Å². The lowest BCUT2D eigenvalue weighted by Gasteiger charge is -2.10. The van der Waals surface area contributed by atoms with E-state index in [1.165, 1.54) is 0 Å². The first-order chi connectivity index (χ1) is 10.5. The predicted octanol–water partition coefficient (Wildman–Crippen LogP) is 4.90. The molecule has 0 aliphatic rings. The van der Waals surface area contributed by atoms with Crippen molar-refractivity contribution < 1.29 is 4.79 Å². The van der Waals surface area contributed by atoms with E-state index in [1.54, 1.807) is 12.1 Å². The molecule has 112 valence electrons. The van der Waals surface area contributed by atoms with Crippen molar-refractivity contribution in [2.24, 2.45) is 0 Å². The highest BCUT2D eigenvalue weighted by atomic mass is 35.5. The van der Waals surface area contributed by atoms with Gasteiger partial charge in [-0.15, -0.1) is 0 Å². The molecule has 3 rings (SSSR count). The van der Waals surface area contributed by atoms with Crippen molar-refractivity contribution in [3.05, 3.63) is 64.3 Å². The van der Waals surface area contributed by atoms with E-state index in [4.69, 9.17) is 23.2 Å². The van der Waals surface area contributed by atoms with Crippen molar-refractivity contribution in [3.63, 3.8) is 0 Å². The first-order valence-corrected chi connectivity index (χ1v) is 7.59. The molecule has 0 unspecified atom stereocenters. The Labute approximate surface area is 138 Å². The summed E-state index contributed by atoms with van der Waals surface area (Å²) in [5.74, 6) is -0.0992. The van der Waals surface area contributed by atoms with Gasteiger partial charge >= 0.3 is 0 Å². The molecular weight excluding hydrogens is 319 g/mol. The average molecular weight is 333 g/mol. The maximum Gasteiger partial charge on any atom is 0.244 e. The van der Waals surface area contributed by atoms with Crippen molar-refractivity contribution in [1.29, 1.82) is 0 Å². The monoisotopic (exact) mass is 332 g/mol. The number of nitrogens with zero attached hydrogens (tertiary/aromatic N) is 1. The van der Waals surface area contributed by atoms with Gasteiger partial charge in [0, 0.05) is 32.8 Å². The van der Waals surface area contributed by atoms with E-state index in [0.29, 0.717) is 10.0 Å². The van der Waals surface area contributed by atoms with Gasteiger partial charge in [0.15, 0.2) is 0 Å². The summed E-state index contributed by atoms with van der Waals surface area (Å²) in [6.45, 7) is 2.16. The maximum atomic E-state index is 12.3. The Bertz CT molecular complexity index is 855. The molecule has 0 saturated carbocycles. The molecule has 0 aliphatic carbocycles. The maximum absolute atomic E-state index is 12.3. The zero-order valence-corrected chi connectivity index (χ0v) is 13.4. The van der Waals surface area contributed by atoms with Crippen LogP contribution in [0.2, 0.25) is 10.0 Å². The van der Waals surface area contributed by atoms with Crippen LogP contribution in [0.5, 0.6) is 0 Å². The summed E-state index contributed by atoms with van der Waals surface area (Å²) in [6, 6.07) is 13.0. The fourth-order valence-electron chi connectivity index (χ4n) is 2.38. The summed E-state index contributed by atoms with van der Waals surface area (Å²) in [5, 5.41) is 5.19. The average Bonchev–Trinajstić information content (AvgIpc) is 2.85. The first-order valence-electron chi connectivity index (χ1n) is 6.83. The van der Waals surface area contributed by atoms with Crippen LogP contribution in [0.4, 0.5) is 5.69 Å². The molecule has 1 aromatic heterocycles. The van der Waals surface area contributed by atoms with E-state index < -0.39 is 0 Å². The summed E-state index contributed by atoms with van der Waals surface area (Å²) in [5.41, 5.74) is 2.68. The normalized spacial score (nSPS) is 10.9. The Morgan fingerprint density at radius 1 is 1.09 bits per heavy atom. The van der Waals surface area contributed by atoms with Crippen LogP contribution in [-0.2, 0) is 11.3 Å². The number of hydrogen-bond donors (Lipinski definition) is 1. The zero-order valence-electron chi connectivity index (χ0n) is 11.9. The summed E-state index contributed by atoms with van der Waals surface area (Å²) in [7, 11) is 0. The van der Waals surface area contributed by atoms with Crippen LogP contribution in [-0.4, -0.2) is 10.5 Å². The van der Waals surface area contributed by atoms with Crippen LogP contribution in [0.3, 0.4) is 0 Å².